The van der Waals surface area contributed by atoms with E-state index in [9.17, 15) is 14.0 Å². The van der Waals surface area contributed by atoms with Gasteiger partial charge in [-0.15, -0.1) is 16.4 Å². The van der Waals surface area contributed by atoms with Crippen LogP contribution >= 0.6 is 11.3 Å². The molecule has 1 N–H and O–H groups in total. The Balaban J connectivity index is 1.49. The summed E-state index contributed by atoms with van der Waals surface area (Å²) in [7, 11) is 3.88. The van der Waals surface area contributed by atoms with E-state index in [-0.39, 0.29) is 30.7 Å². The second-order valence-electron chi connectivity index (χ2n) is 9.23. The second-order valence-corrected chi connectivity index (χ2v) is 10.2. The molecule has 0 aliphatic rings. The molecule has 0 fully saturated rings. The van der Waals surface area contributed by atoms with Gasteiger partial charge in [-0.3, -0.25) is 9.59 Å². The zero-order valence-corrected chi connectivity index (χ0v) is 22.3. The molecule has 0 aliphatic heterocycles. The van der Waals surface area contributed by atoms with Gasteiger partial charge in [0.2, 0.25) is 5.91 Å². The smallest absolute Gasteiger partial charge is 0.252 e. The van der Waals surface area contributed by atoms with Gasteiger partial charge in [-0.05, 0) is 65.5 Å². The summed E-state index contributed by atoms with van der Waals surface area (Å²) >= 11 is 1.39. The van der Waals surface area contributed by atoms with E-state index in [2.05, 4.69) is 15.6 Å². The number of aromatic nitrogens is 3. The van der Waals surface area contributed by atoms with Gasteiger partial charge < -0.3 is 15.1 Å². The number of fused-ring (bicyclic) bond motifs is 1. The predicted molar refractivity (Wildman–Crippen MR) is 151 cm³/mol. The largest absolute Gasteiger partial charge is 0.378 e. The molecule has 39 heavy (non-hydrogen) atoms. The molecule has 5 rings (SSSR count). The van der Waals surface area contributed by atoms with Crippen LogP contribution < -0.4 is 10.2 Å². The summed E-state index contributed by atoms with van der Waals surface area (Å²) in [6, 6.07) is 23.5. The van der Waals surface area contributed by atoms with E-state index in [0.717, 1.165) is 5.69 Å². The lowest BCUT2D eigenvalue weighted by atomic mass is 10.1. The monoisotopic (exact) mass is 542 g/mol. The van der Waals surface area contributed by atoms with Crippen molar-refractivity contribution in [2.45, 2.75) is 19.1 Å². The molecule has 198 valence electrons. The van der Waals surface area contributed by atoms with Crippen molar-refractivity contribution >= 4 is 45.6 Å². The standard InChI is InChI=1S/C29H27FN6O2S/c1-34(2)23-15-13-22(14-16-23)31-29(38)28(26-8-5-17-39-26)35(18-20-9-11-21(30)12-10-20)27(37)19-36-25-7-4-3-6-24(25)32-33-36/h3-17,28H,18-19H2,1-2H3,(H,31,38)/t28-/m0/s1. The van der Waals surface area contributed by atoms with Crippen LogP contribution in [0.3, 0.4) is 0 Å². The maximum atomic E-state index is 13.9. The number of carbonyl (C=O) groups excluding carboxylic acids is 2. The third kappa shape index (κ3) is 5.96. The highest BCUT2D eigenvalue weighted by molar-refractivity contribution is 7.10. The number of amides is 2. The summed E-state index contributed by atoms with van der Waals surface area (Å²) in [6.07, 6.45) is 0. The van der Waals surface area contributed by atoms with Gasteiger partial charge >= 0.3 is 0 Å². The van der Waals surface area contributed by atoms with Gasteiger partial charge in [0.1, 0.15) is 23.9 Å². The number of halogens is 1. The Hall–Kier alpha value is -4.57. The van der Waals surface area contributed by atoms with Crippen molar-refractivity contribution in [2.24, 2.45) is 0 Å². The van der Waals surface area contributed by atoms with Crippen molar-refractivity contribution in [3.63, 3.8) is 0 Å². The molecule has 0 spiro atoms. The average Bonchev–Trinajstić information content (AvgIpc) is 3.60. The lowest BCUT2D eigenvalue weighted by Crippen LogP contribution is -2.42. The Labute approximate surface area is 229 Å². The lowest BCUT2D eigenvalue weighted by molar-refractivity contribution is -0.140. The number of carbonyl (C=O) groups is 2. The number of para-hydroxylation sites is 1. The third-order valence-electron chi connectivity index (χ3n) is 6.32. The maximum Gasteiger partial charge on any atom is 0.252 e. The Bertz CT molecular complexity index is 1570. The molecule has 0 bridgehead atoms. The van der Waals surface area contributed by atoms with Gasteiger partial charge in [-0.2, -0.15) is 0 Å². The molecule has 3 aromatic carbocycles. The van der Waals surface area contributed by atoms with E-state index >= 15 is 0 Å². The summed E-state index contributed by atoms with van der Waals surface area (Å²) < 4.78 is 15.2. The SMILES string of the molecule is CN(C)c1ccc(NC(=O)[C@H](c2cccs2)N(Cc2ccc(F)cc2)C(=O)Cn2nnc3ccccc32)cc1. The van der Waals surface area contributed by atoms with Crippen LogP contribution in [0.15, 0.2) is 90.3 Å². The van der Waals surface area contributed by atoms with Crippen molar-refractivity contribution in [1.29, 1.82) is 0 Å². The molecule has 1 atom stereocenters. The Morgan fingerprint density at radius 3 is 2.41 bits per heavy atom. The molecular weight excluding hydrogens is 515 g/mol. The van der Waals surface area contributed by atoms with E-state index in [1.54, 1.807) is 12.1 Å². The molecule has 10 heteroatoms. The molecule has 0 radical (unpaired) electrons. The molecule has 5 aromatic rings. The van der Waals surface area contributed by atoms with E-state index in [1.165, 1.54) is 33.1 Å². The van der Waals surface area contributed by atoms with Crippen LogP contribution in [0.4, 0.5) is 15.8 Å². The molecule has 0 saturated carbocycles. The summed E-state index contributed by atoms with van der Waals surface area (Å²) in [4.78, 5) is 31.9. The summed E-state index contributed by atoms with van der Waals surface area (Å²) in [5, 5.41) is 13.2. The van der Waals surface area contributed by atoms with E-state index in [4.69, 9.17) is 0 Å². The highest BCUT2D eigenvalue weighted by Crippen LogP contribution is 2.30. The topological polar surface area (TPSA) is 83.4 Å². The number of nitrogens with zero attached hydrogens (tertiary/aromatic N) is 5. The quantitative estimate of drug-likeness (QED) is 0.280. The van der Waals surface area contributed by atoms with Crippen molar-refractivity contribution in [3.8, 4) is 0 Å². The first kappa shape index (κ1) is 26.1. The Morgan fingerprint density at radius 1 is 0.974 bits per heavy atom. The van der Waals surface area contributed by atoms with Gasteiger partial charge in [0.25, 0.3) is 5.91 Å². The molecule has 8 nitrogen and oxygen atoms in total. The Morgan fingerprint density at radius 2 is 1.72 bits per heavy atom. The fraction of sp³-hybridized carbons (Fsp3) is 0.172. The highest BCUT2D eigenvalue weighted by atomic mass is 32.1. The zero-order valence-electron chi connectivity index (χ0n) is 21.5. The van der Waals surface area contributed by atoms with Crippen LogP contribution in [0, 0.1) is 5.82 Å². The summed E-state index contributed by atoms with van der Waals surface area (Å²) in [6.45, 7) is -0.0182. The van der Waals surface area contributed by atoms with Crippen LogP contribution in [0.25, 0.3) is 11.0 Å². The van der Waals surface area contributed by atoms with E-state index in [0.29, 0.717) is 27.2 Å². The normalized spacial score (nSPS) is 11.8. The molecule has 2 amide bonds. The van der Waals surface area contributed by atoms with Gasteiger partial charge in [-0.25, -0.2) is 9.07 Å². The van der Waals surface area contributed by atoms with Crippen molar-refractivity contribution < 1.29 is 14.0 Å². The maximum absolute atomic E-state index is 13.9. The number of nitrogens with one attached hydrogen (secondary N) is 1. The van der Waals surface area contributed by atoms with Gasteiger partial charge in [0.05, 0.1) is 5.52 Å². The molecule has 0 unspecified atom stereocenters. The predicted octanol–water partition coefficient (Wildman–Crippen LogP) is 5.11. The summed E-state index contributed by atoms with van der Waals surface area (Å²) in [5.74, 6) is -1.06. The van der Waals surface area contributed by atoms with Crippen LogP contribution in [-0.2, 0) is 22.7 Å². The molecule has 2 aromatic heterocycles. The zero-order chi connectivity index (χ0) is 27.4. The highest BCUT2D eigenvalue weighted by Gasteiger charge is 2.33. The minimum absolute atomic E-state index is 0.0985. The van der Waals surface area contributed by atoms with Crippen molar-refractivity contribution in [3.05, 3.63) is 107 Å². The minimum atomic E-state index is -0.925. The number of thiophene rings is 1. The molecular formula is C29H27FN6O2S. The first-order valence-electron chi connectivity index (χ1n) is 12.3. The van der Waals surface area contributed by atoms with E-state index < -0.39 is 6.04 Å². The fourth-order valence-corrected chi connectivity index (χ4v) is 5.12. The third-order valence-corrected chi connectivity index (χ3v) is 7.24. The molecule has 0 aliphatic carbocycles. The molecule has 2 heterocycles. The number of benzene rings is 3. The van der Waals surface area contributed by atoms with Crippen LogP contribution in [0.1, 0.15) is 16.5 Å². The number of rotatable bonds is 9. The number of anilines is 2. The van der Waals surface area contributed by atoms with E-state index in [1.807, 2.05) is 85.0 Å². The average molecular weight is 543 g/mol. The number of hydrogen-bond acceptors (Lipinski definition) is 6. The van der Waals surface area contributed by atoms with Crippen molar-refractivity contribution in [2.75, 3.05) is 24.3 Å². The fourth-order valence-electron chi connectivity index (χ4n) is 4.29. The summed E-state index contributed by atoms with van der Waals surface area (Å²) in [5.41, 5.74) is 3.69. The van der Waals surface area contributed by atoms with Crippen LogP contribution in [0.5, 0.6) is 0 Å². The first-order chi connectivity index (χ1) is 18.9. The second kappa shape index (κ2) is 11.4. The van der Waals surface area contributed by atoms with Gasteiger partial charge in [0, 0.05) is 36.9 Å². The van der Waals surface area contributed by atoms with Crippen LogP contribution in [-0.4, -0.2) is 45.8 Å². The van der Waals surface area contributed by atoms with Gasteiger partial charge in [0.15, 0.2) is 0 Å². The van der Waals surface area contributed by atoms with Gasteiger partial charge in [-0.1, -0.05) is 35.5 Å². The molecule has 0 saturated heterocycles. The first-order valence-corrected chi connectivity index (χ1v) is 13.2. The number of hydrogen-bond donors (Lipinski definition) is 1. The van der Waals surface area contributed by atoms with Crippen LogP contribution in [0.2, 0.25) is 0 Å². The minimum Gasteiger partial charge on any atom is -0.378 e. The van der Waals surface area contributed by atoms with Crippen molar-refractivity contribution in [1.82, 2.24) is 19.9 Å². The Kier molecular flexibility index (Phi) is 7.64. The lowest BCUT2D eigenvalue weighted by Gasteiger charge is -2.31.